The van der Waals surface area contributed by atoms with Gasteiger partial charge < -0.3 is 18.9 Å². The molecule has 5 nitrogen and oxygen atoms in total. The average Bonchev–Trinajstić information content (AvgIpc) is 2.67. The minimum absolute atomic E-state index is 0.0553. The molecule has 27 heavy (non-hydrogen) atoms. The molecular weight excluding hydrogens is 344 g/mol. The Bertz CT molecular complexity index is 517. The second-order valence-corrected chi connectivity index (χ2v) is 7.56. The van der Waals surface area contributed by atoms with Gasteiger partial charge in [0.25, 0.3) is 0 Å². The predicted octanol–water partition coefficient (Wildman–Crippen LogP) is 4.44. The normalized spacial score (nSPS) is 16.0. The van der Waals surface area contributed by atoms with E-state index in [1.807, 2.05) is 25.1 Å². The molecule has 0 saturated heterocycles. The van der Waals surface area contributed by atoms with Crippen molar-refractivity contribution >= 4 is 5.97 Å². The van der Waals surface area contributed by atoms with Crippen LogP contribution in [0.4, 0.5) is 0 Å². The molecule has 0 saturated carbocycles. The van der Waals surface area contributed by atoms with E-state index in [0.717, 1.165) is 12.0 Å². The van der Waals surface area contributed by atoms with Crippen molar-refractivity contribution < 1.29 is 23.7 Å². The molecule has 0 unspecified atom stereocenters. The van der Waals surface area contributed by atoms with E-state index in [2.05, 4.69) is 32.9 Å². The van der Waals surface area contributed by atoms with Crippen LogP contribution in [0.15, 0.2) is 30.3 Å². The molecule has 5 heteroatoms. The largest absolute Gasteiger partial charge is 0.469 e. The van der Waals surface area contributed by atoms with E-state index in [9.17, 15) is 4.79 Å². The van der Waals surface area contributed by atoms with E-state index in [0.29, 0.717) is 18.9 Å². The first-order valence-electron chi connectivity index (χ1n) is 9.72. The van der Waals surface area contributed by atoms with E-state index in [4.69, 9.17) is 18.9 Å². The summed E-state index contributed by atoms with van der Waals surface area (Å²) < 4.78 is 22.1. The molecule has 0 heterocycles. The Kier molecular flexibility index (Phi) is 11.3. The molecule has 1 aromatic rings. The first-order valence-corrected chi connectivity index (χ1v) is 9.72. The molecule has 0 fully saturated rings. The molecule has 0 aliphatic carbocycles. The van der Waals surface area contributed by atoms with Gasteiger partial charge in [0.05, 0.1) is 31.8 Å². The lowest BCUT2D eigenvalue weighted by Gasteiger charge is -2.31. The third-order valence-corrected chi connectivity index (χ3v) is 4.88. The second-order valence-electron chi connectivity index (χ2n) is 7.56. The third-order valence-electron chi connectivity index (χ3n) is 4.88. The first-order chi connectivity index (χ1) is 12.9. The zero-order valence-corrected chi connectivity index (χ0v) is 17.6. The number of carbonyl (C=O) groups excluding carboxylic acids is 1. The number of benzene rings is 1. The summed E-state index contributed by atoms with van der Waals surface area (Å²) in [5, 5.41) is 0. The number of rotatable bonds is 13. The lowest BCUT2D eigenvalue weighted by molar-refractivity contribution is -0.147. The van der Waals surface area contributed by atoms with Crippen LogP contribution in [-0.4, -0.2) is 39.2 Å². The van der Waals surface area contributed by atoms with Gasteiger partial charge in [0.15, 0.2) is 0 Å². The molecule has 0 aliphatic heterocycles. The predicted molar refractivity (Wildman–Crippen MR) is 106 cm³/mol. The minimum Gasteiger partial charge on any atom is -0.469 e. The van der Waals surface area contributed by atoms with E-state index in [1.54, 1.807) is 7.11 Å². The van der Waals surface area contributed by atoms with Crippen molar-refractivity contribution in [1.29, 1.82) is 0 Å². The zero-order valence-electron chi connectivity index (χ0n) is 17.6. The summed E-state index contributed by atoms with van der Waals surface area (Å²) in [5.74, 6) is 0.179. The van der Waals surface area contributed by atoms with Crippen LogP contribution in [0, 0.1) is 17.8 Å². The second kappa shape index (κ2) is 12.9. The fraction of sp³-hybridized carbons (Fsp3) is 0.682. The number of hydrogen-bond donors (Lipinski definition) is 0. The topological polar surface area (TPSA) is 54.0 Å². The van der Waals surface area contributed by atoms with Crippen molar-refractivity contribution in [1.82, 2.24) is 0 Å². The number of hydrogen-bond acceptors (Lipinski definition) is 5. The van der Waals surface area contributed by atoms with Crippen LogP contribution in [0.5, 0.6) is 0 Å². The molecule has 154 valence electrons. The third kappa shape index (κ3) is 8.87. The fourth-order valence-electron chi connectivity index (χ4n) is 3.17. The fourth-order valence-corrected chi connectivity index (χ4v) is 3.17. The molecular formula is C22H36O5. The average molecular weight is 381 g/mol. The molecule has 1 rings (SSSR count). The smallest absolute Gasteiger partial charge is 0.308 e. The van der Waals surface area contributed by atoms with Crippen molar-refractivity contribution in [2.45, 2.75) is 59.4 Å². The molecule has 0 bridgehead atoms. The molecule has 0 aromatic heterocycles. The van der Waals surface area contributed by atoms with Crippen LogP contribution in [0.1, 0.15) is 46.1 Å². The van der Waals surface area contributed by atoms with Gasteiger partial charge in [-0.25, -0.2) is 0 Å². The van der Waals surface area contributed by atoms with Gasteiger partial charge in [-0.15, -0.1) is 0 Å². The van der Waals surface area contributed by atoms with Crippen LogP contribution in [0.25, 0.3) is 0 Å². The van der Waals surface area contributed by atoms with Gasteiger partial charge in [0.1, 0.15) is 6.79 Å². The number of carbonyl (C=O) groups is 1. The van der Waals surface area contributed by atoms with Crippen LogP contribution in [0.2, 0.25) is 0 Å². The molecule has 0 amide bonds. The lowest BCUT2D eigenvalue weighted by atomic mass is 9.88. The van der Waals surface area contributed by atoms with E-state index >= 15 is 0 Å². The Labute approximate surface area is 164 Å². The highest BCUT2D eigenvalue weighted by molar-refractivity contribution is 5.71. The number of esters is 1. The van der Waals surface area contributed by atoms with Crippen LogP contribution < -0.4 is 0 Å². The summed E-state index contributed by atoms with van der Waals surface area (Å²) in [6.07, 6.45) is 1.45. The van der Waals surface area contributed by atoms with E-state index in [1.165, 1.54) is 7.11 Å². The van der Waals surface area contributed by atoms with Gasteiger partial charge in [-0.05, 0) is 23.8 Å². The summed E-state index contributed by atoms with van der Waals surface area (Å²) in [6, 6.07) is 10.2. The van der Waals surface area contributed by atoms with Crippen LogP contribution >= 0.6 is 0 Å². The van der Waals surface area contributed by atoms with Crippen molar-refractivity contribution in [3.63, 3.8) is 0 Å². The summed E-state index contributed by atoms with van der Waals surface area (Å²) in [5.41, 5.74) is 1.16. The lowest BCUT2D eigenvalue weighted by Crippen LogP contribution is -2.33. The molecule has 0 N–H and O–H groups in total. The molecule has 0 aliphatic rings. The van der Waals surface area contributed by atoms with Crippen LogP contribution in [0.3, 0.4) is 0 Å². The van der Waals surface area contributed by atoms with E-state index < -0.39 is 0 Å². The van der Waals surface area contributed by atoms with Crippen molar-refractivity contribution in [2.24, 2.45) is 17.8 Å². The maximum absolute atomic E-state index is 11.8. The maximum atomic E-state index is 11.8. The summed E-state index contributed by atoms with van der Waals surface area (Å²) in [4.78, 5) is 11.8. The minimum atomic E-state index is -0.187. The Balaban J connectivity index is 2.72. The van der Waals surface area contributed by atoms with Crippen LogP contribution in [-0.2, 0) is 30.3 Å². The maximum Gasteiger partial charge on any atom is 0.308 e. The molecule has 0 radical (unpaired) electrons. The van der Waals surface area contributed by atoms with Gasteiger partial charge in [0.2, 0.25) is 0 Å². The van der Waals surface area contributed by atoms with E-state index in [-0.39, 0.29) is 36.8 Å². The SMILES string of the molecule is COCO[C@H](C[C@H](OCc1ccccc1)C(C)C)[C@H](C)C[C@H](C)C(=O)OC. The van der Waals surface area contributed by atoms with Crippen molar-refractivity contribution in [3.05, 3.63) is 35.9 Å². The van der Waals surface area contributed by atoms with Crippen molar-refractivity contribution in [3.8, 4) is 0 Å². The Morgan fingerprint density at radius 2 is 1.59 bits per heavy atom. The Hall–Kier alpha value is -1.43. The zero-order chi connectivity index (χ0) is 20.2. The monoisotopic (exact) mass is 380 g/mol. The Morgan fingerprint density at radius 1 is 0.926 bits per heavy atom. The standard InChI is InChI=1S/C22H36O5/c1-16(2)20(26-14-19-10-8-7-9-11-19)13-21(27-15-24-5)17(3)12-18(4)22(23)25-6/h7-11,16-18,20-21H,12-15H2,1-6H3/t17-,18+,20+,21-/m1/s1. The molecule has 1 aromatic carbocycles. The van der Waals surface area contributed by atoms with Crippen molar-refractivity contribution in [2.75, 3.05) is 21.0 Å². The highest BCUT2D eigenvalue weighted by Gasteiger charge is 2.28. The van der Waals surface area contributed by atoms with Gasteiger partial charge in [-0.3, -0.25) is 4.79 Å². The van der Waals surface area contributed by atoms with Gasteiger partial charge >= 0.3 is 5.97 Å². The highest BCUT2D eigenvalue weighted by atomic mass is 16.7. The van der Waals surface area contributed by atoms with Gasteiger partial charge in [-0.2, -0.15) is 0 Å². The quantitative estimate of drug-likeness (QED) is 0.374. The summed E-state index contributed by atoms with van der Waals surface area (Å²) >= 11 is 0. The Morgan fingerprint density at radius 3 is 2.15 bits per heavy atom. The first kappa shape index (κ1) is 23.6. The number of ether oxygens (including phenoxy) is 4. The highest BCUT2D eigenvalue weighted by Crippen LogP contribution is 2.26. The summed E-state index contributed by atoms with van der Waals surface area (Å²) in [6.45, 7) is 9.12. The van der Waals surface area contributed by atoms with Gasteiger partial charge in [-0.1, -0.05) is 58.0 Å². The molecule has 4 atom stereocenters. The number of methoxy groups -OCH3 is 2. The molecule has 0 spiro atoms. The summed E-state index contributed by atoms with van der Waals surface area (Å²) in [7, 11) is 3.04. The van der Waals surface area contributed by atoms with Gasteiger partial charge in [0, 0.05) is 13.5 Å².